The van der Waals surface area contributed by atoms with Crippen molar-refractivity contribution in [3.05, 3.63) is 21.6 Å². The summed E-state index contributed by atoms with van der Waals surface area (Å²) in [7, 11) is 0. The standard InChI is InChI=1S/C12H19N3O/c1-3-10-9(2)11(16)14-12(13-10)15-7-5-4-6-8-15/h3-8H2,1-2H3,(H,13,14,16). The van der Waals surface area contributed by atoms with Crippen molar-refractivity contribution in [3.63, 3.8) is 0 Å². The van der Waals surface area contributed by atoms with Gasteiger partial charge in [-0.15, -0.1) is 0 Å². The Hall–Kier alpha value is -1.32. The Bertz CT molecular complexity index is 419. The molecule has 0 aliphatic carbocycles. The molecule has 0 atom stereocenters. The summed E-state index contributed by atoms with van der Waals surface area (Å²) in [5.41, 5.74) is 1.68. The Kier molecular flexibility index (Phi) is 3.27. The van der Waals surface area contributed by atoms with Gasteiger partial charge >= 0.3 is 0 Å². The molecule has 0 radical (unpaired) electrons. The lowest BCUT2D eigenvalue weighted by molar-refractivity contribution is 0.566. The molecule has 0 aromatic carbocycles. The minimum Gasteiger partial charge on any atom is -0.342 e. The highest BCUT2D eigenvalue weighted by Gasteiger charge is 2.14. The topological polar surface area (TPSA) is 49.0 Å². The van der Waals surface area contributed by atoms with E-state index in [4.69, 9.17) is 0 Å². The van der Waals surface area contributed by atoms with Gasteiger partial charge in [0.05, 0.1) is 5.69 Å². The van der Waals surface area contributed by atoms with E-state index in [-0.39, 0.29) is 5.56 Å². The van der Waals surface area contributed by atoms with Crippen LogP contribution in [0.25, 0.3) is 0 Å². The molecular formula is C12H19N3O. The molecule has 0 spiro atoms. The second-order valence-corrected chi connectivity index (χ2v) is 4.36. The minimum atomic E-state index is 0.00687. The van der Waals surface area contributed by atoms with Gasteiger partial charge < -0.3 is 4.90 Å². The maximum atomic E-state index is 11.7. The zero-order valence-electron chi connectivity index (χ0n) is 10.0. The normalized spacial score (nSPS) is 16.5. The van der Waals surface area contributed by atoms with Crippen molar-refractivity contribution in [2.45, 2.75) is 39.5 Å². The van der Waals surface area contributed by atoms with Crippen LogP contribution in [-0.4, -0.2) is 23.1 Å². The predicted molar refractivity (Wildman–Crippen MR) is 65.0 cm³/mol. The first-order valence-electron chi connectivity index (χ1n) is 6.07. The molecule has 1 aliphatic rings. The number of aryl methyl sites for hydroxylation is 1. The zero-order valence-corrected chi connectivity index (χ0v) is 10.0. The molecule has 1 aromatic rings. The van der Waals surface area contributed by atoms with Crippen LogP contribution in [0, 0.1) is 6.92 Å². The minimum absolute atomic E-state index is 0.00687. The monoisotopic (exact) mass is 221 g/mol. The summed E-state index contributed by atoms with van der Waals surface area (Å²) in [6.07, 6.45) is 4.49. The molecule has 1 N–H and O–H groups in total. The first-order chi connectivity index (χ1) is 7.72. The predicted octanol–water partition coefficient (Wildman–Crippen LogP) is 1.63. The molecule has 88 valence electrons. The van der Waals surface area contributed by atoms with Gasteiger partial charge in [0, 0.05) is 18.7 Å². The van der Waals surface area contributed by atoms with Gasteiger partial charge in [0.1, 0.15) is 0 Å². The molecule has 1 aliphatic heterocycles. The average Bonchev–Trinajstić information content (AvgIpc) is 2.33. The molecular weight excluding hydrogens is 202 g/mol. The molecule has 2 rings (SSSR count). The van der Waals surface area contributed by atoms with Crippen LogP contribution in [-0.2, 0) is 6.42 Å². The summed E-state index contributed by atoms with van der Waals surface area (Å²) in [6.45, 7) is 5.89. The van der Waals surface area contributed by atoms with Crippen molar-refractivity contribution >= 4 is 5.95 Å². The maximum Gasteiger partial charge on any atom is 0.255 e. The van der Waals surface area contributed by atoms with Crippen molar-refractivity contribution in [1.29, 1.82) is 0 Å². The fourth-order valence-corrected chi connectivity index (χ4v) is 2.17. The van der Waals surface area contributed by atoms with Crippen LogP contribution >= 0.6 is 0 Å². The number of H-pyrrole nitrogens is 1. The van der Waals surface area contributed by atoms with E-state index >= 15 is 0 Å². The fraction of sp³-hybridized carbons (Fsp3) is 0.667. The van der Waals surface area contributed by atoms with Crippen LogP contribution in [0.1, 0.15) is 37.4 Å². The van der Waals surface area contributed by atoms with Crippen LogP contribution in [0.2, 0.25) is 0 Å². The molecule has 0 bridgehead atoms. The van der Waals surface area contributed by atoms with Crippen molar-refractivity contribution in [2.75, 3.05) is 18.0 Å². The van der Waals surface area contributed by atoms with Gasteiger partial charge in [-0.05, 0) is 32.6 Å². The van der Waals surface area contributed by atoms with Gasteiger partial charge in [-0.2, -0.15) is 0 Å². The number of hydrogen-bond acceptors (Lipinski definition) is 3. The molecule has 0 unspecified atom stereocenters. The molecule has 2 heterocycles. The van der Waals surface area contributed by atoms with Crippen LogP contribution in [0.5, 0.6) is 0 Å². The first-order valence-corrected chi connectivity index (χ1v) is 6.07. The van der Waals surface area contributed by atoms with E-state index in [1.54, 1.807) is 0 Å². The molecule has 1 fully saturated rings. The highest BCUT2D eigenvalue weighted by molar-refractivity contribution is 5.33. The highest BCUT2D eigenvalue weighted by Crippen LogP contribution is 2.15. The van der Waals surface area contributed by atoms with Gasteiger partial charge in [0.2, 0.25) is 5.95 Å². The Morgan fingerprint density at radius 1 is 1.31 bits per heavy atom. The van der Waals surface area contributed by atoms with E-state index in [0.717, 1.165) is 36.7 Å². The molecule has 0 saturated carbocycles. The summed E-state index contributed by atoms with van der Waals surface area (Å²) < 4.78 is 0. The molecule has 0 amide bonds. The lowest BCUT2D eigenvalue weighted by Crippen LogP contribution is -2.33. The van der Waals surface area contributed by atoms with E-state index in [2.05, 4.69) is 14.9 Å². The van der Waals surface area contributed by atoms with E-state index in [9.17, 15) is 4.79 Å². The van der Waals surface area contributed by atoms with E-state index in [1.165, 1.54) is 19.3 Å². The van der Waals surface area contributed by atoms with Crippen LogP contribution in [0.3, 0.4) is 0 Å². The Balaban J connectivity index is 2.33. The van der Waals surface area contributed by atoms with Crippen molar-refractivity contribution in [2.24, 2.45) is 0 Å². The van der Waals surface area contributed by atoms with Gasteiger partial charge in [0.15, 0.2) is 0 Å². The third-order valence-electron chi connectivity index (χ3n) is 3.23. The molecule has 1 saturated heterocycles. The summed E-state index contributed by atoms with van der Waals surface area (Å²) in [4.78, 5) is 21.3. The summed E-state index contributed by atoms with van der Waals surface area (Å²) in [5, 5.41) is 0. The third kappa shape index (κ3) is 2.10. The third-order valence-corrected chi connectivity index (χ3v) is 3.23. The lowest BCUT2D eigenvalue weighted by Gasteiger charge is -2.27. The summed E-state index contributed by atoms with van der Waals surface area (Å²) in [5.74, 6) is 0.757. The largest absolute Gasteiger partial charge is 0.342 e. The number of aromatic amines is 1. The number of piperidine rings is 1. The number of nitrogens with one attached hydrogen (secondary N) is 1. The lowest BCUT2D eigenvalue weighted by atomic mass is 10.1. The number of nitrogens with zero attached hydrogens (tertiary/aromatic N) is 2. The summed E-state index contributed by atoms with van der Waals surface area (Å²) >= 11 is 0. The second kappa shape index (κ2) is 4.68. The van der Waals surface area contributed by atoms with Gasteiger partial charge in [-0.3, -0.25) is 9.78 Å². The molecule has 16 heavy (non-hydrogen) atoms. The number of hydrogen-bond donors (Lipinski definition) is 1. The fourth-order valence-electron chi connectivity index (χ4n) is 2.17. The Morgan fingerprint density at radius 2 is 2.00 bits per heavy atom. The van der Waals surface area contributed by atoms with Crippen LogP contribution in [0.15, 0.2) is 4.79 Å². The number of rotatable bonds is 2. The van der Waals surface area contributed by atoms with Gasteiger partial charge in [0.25, 0.3) is 5.56 Å². The second-order valence-electron chi connectivity index (χ2n) is 4.36. The van der Waals surface area contributed by atoms with Crippen molar-refractivity contribution in [1.82, 2.24) is 9.97 Å². The Morgan fingerprint density at radius 3 is 2.62 bits per heavy atom. The zero-order chi connectivity index (χ0) is 11.5. The summed E-state index contributed by atoms with van der Waals surface area (Å²) in [6, 6.07) is 0. The van der Waals surface area contributed by atoms with E-state index < -0.39 is 0 Å². The average molecular weight is 221 g/mol. The van der Waals surface area contributed by atoms with Gasteiger partial charge in [-0.25, -0.2) is 4.98 Å². The van der Waals surface area contributed by atoms with E-state index in [0.29, 0.717) is 0 Å². The first kappa shape index (κ1) is 11.2. The quantitative estimate of drug-likeness (QED) is 0.825. The number of anilines is 1. The van der Waals surface area contributed by atoms with Crippen molar-refractivity contribution in [3.8, 4) is 0 Å². The maximum absolute atomic E-state index is 11.7. The smallest absolute Gasteiger partial charge is 0.255 e. The molecule has 4 nitrogen and oxygen atoms in total. The van der Waals surface area contributed by atoms with Crippen LogP contribution in [0.4, 0.5) is 5.95 Å². The molecule has 4 heteroatoms. The van der Waals surface area contributed by atoms with Crippen molar-refractivity contribution < 1.29 is 0 Å². The molecule has 1 aromatic heterocycles. The van der Waals surface area contributed by atoms with Crippen LogP contribution < -0.4 is 10.5 Å². The number of aromatic nitrogens is 2. The van der Waals surface area contributed by atoms with E-state index in [1.807, 2.05) is 13.8 Å². The van der Waals surface area contributed by atoms with Gasteiger partial charge in [-0.1, -0.05) is 6.92 Å². The SMILES string of the molecule is CCc1nc(N2CCCCC2)[nH]c(=O)c1C. The highest BCUT2D eigenvalue weighted by atomic mass is 16.1. The Labute approximate surface area is 95.7 Å².